The predicted molar refractivity (Wildman–Crippen MR) is 94.0 cm³/mol. The molecule has 5 heteroatoms. The lowest BCUT2D eigenvalue weighted by Crippen LogP contribution is -2.44. The number of likely N-dealkylation sites (tertiary alicyclic amines) is 1. The molecule has 124 valence electrons. The Morgan fingerprint density at radius 1 is 1.22 bits per heavy atom. The molecule has 3 atom stereocenters. The number of amides is 2. The number of nitrogens with one attached hydrogen (secondary N) is 1. The van der Waals surface area contributed by atoms with Crippen LogP contribution in [0.25, 0.3) is 0 Å². The Bertz CT molecular complexity index is 587. The van der Waals surface area contributed by atoms with Gasteiger partial charge in [0.15, 0.2) is 0 Å². The van der Waals surface area contributed by atoms with Gasteiger partial charge in [-0.3, -0.25) is 9.59 Å². The SMILES string of the molecule is CCC1CCCCN1C(=O)C1CC1C(=O)Nc1ccc(Br)cc1. The van der Waals surface area contributed by atoms with Gasteiger partial charge < -0.3 is 10.2 Å². The van der Waals surface area contributed by atoms with Crippen LogP contribution in [-0.2, 0) is 9.59 Å². The van der Waals surface area contributed by atoms with Crippen LogP contribution in [0.2, 0.25) is 0 Å². The summed E-state index contributed by atoms with van der Waals surface area (Å²) in [5.41, 5.74) is 0.778. The Hall–Kier alpha value is -1.36. The molecule has 1 saturated carbocycles. The first-order chi connectivity index (χ1) is 11.1. The van der Waals surface area contributed by atoms with Crippen molar-refractivity contribution < 1.29 is 9.59 Å². The molecule has 1 heterocycles. The zero-order chi connectivity index (χ0) is 16.4. The van der Waals surface area contributed by atoms with Gasteiger partial charge in [-0.05, 0) is 56.4 Å². The summed E-state index contributed by atoms with van der Waals surface area (Å²) < 4.78 is 0.977. The molecule has 23 heavy (non-hydrogen) atoms. The second-order valence-electron chi connectivity index (χ2n) is 6.53. The van der Waals surface area contributed by atoms with Crippen LogP contribution in [0.4, 0.5) is 5.69 Å². The maximum atomic E-state index is 12.7. The van der Waals surface area contributed by atoms with E-state index in [1.165, 1.54) is 6.42 Å². The molecule has 3 rings (SSSR count). The van der Waals surface area contributed by atoms with Crippen LogP contribution in [0.3, 0.4) is 0 Å². The van der Waals surface area contributed by atoms with Gasteiger partial charge in [-0.15, -0.1) is 0 Å². The zero-order valence-electron chi connectivity index (χ0n) is 13.4. The monoisotopic (exact) mass is 378 g/mol. The molecule has 0 spiro atoms. The molecule has 1 aliphatic heterocycles. The summed E-state index contributed by atoms with van der Waals surface area (Å²) in [7, 11) is 0. The summed E-state index contributed by atoms with van der Waals surface area (Å²) in [6.07, 6.45) is 5.10. The molecule has 1 aromatic carbocycles. The molecule has 1 saturated heterocycles. The molecule has 3 unspecified atom stereocenters. The van der Waals surface area contributed by atoms with E-state index in [0.717, 1.165) is 36.0 Å². The summed E-state index contributed by atoms with van der Waals surface area (Å²) in [6, 6.07) is 7.87. The highest BCUT2D eigenvalue weighted by atomic mass is 79.9. The van der Waals surface area contributed by atoms with Gasteiger partial charge >= 0.3 is 0 Å². The highest BCUT2D eigenvalue weighted by Gasteiger charge is 2.50. The molecule has 1 aliphatic carbocycles. The first kappa shape index (κ1) is 16.5. The average molecular weight is 379 g/mol. The van der Waals surface area contributed by atoms with Gasteiger partial charge in [-0.25, -0.2) is 0 Å². The highest BCUT2D eigenvalue weighted by Crippen LogP contribution is 2.42. The van der Waals surface area contributed by atoms with Crippen LogP contribution in [-0.4, -0.2) is 29.3 Å². The third-order valence-corrected chi connectivity index (χ3v) is 5.47. The Morgan fingerprint density at radius 3 is 2.65 bits per heavy atom. The topological polar surface area (TPSA) is 49.4 Å². The van der Waals surface area contributed by atoms with E-state index < -0.39 is 0 Å². The number of carbonyl (C=O) groups is 2. The molecule has 1 N–H and O–H groups in total. The molecule has 2 amide bonds. The number of benzene rings is 1. The van der Waals surface area contributed by atoms with Crippen molar-refractivity contribution in [2.24, 2.45) is 11.8 Å². The van der Waals surface area contributed by atoms with E-state index in [0.29, 0.717) is 12.5 Å². The van der Waals surface area contributed by atoms with Crippen molar-refractivity contribution in [3.05, 3.63) is 28.7 Å². The fourth-order valence-corrected chi connectivity index (χ4v) is 3.72. The number of piperidine rings is 1. The van der Waals surface area contributed by atoms with E-state index in [-0.39, 0.29) is 23.7 Å². The molecule has 1 aromatic rings. The van der Waals surface area contributed by atoms with Crippen molar-refractivity contribution in [2.75, 3.05) is 11.9 Å². The molecule has 2 fully saturated rings. The van der Waals surface area contributed by atoms with Gasteiger partial charge in [0.1, 0.15) is 0 Å². The largest absolute Gasteiger partial charge is 0.339 e. The third kappa shape index (κ3) is 3.77. The Kier molecular flexibility index (Phi) is 5.05. The van der Waals surface area contributed by atoms with Crippen molar-refractivity contribution in [3.8, 4) is 0 Å². The second-order valence-corrected chi connectivity index (χ2v) is 7.45. The van der Waals surface area contributed by atoms with E-state index in [9.17, 15) is 9.59 Å². The third-order valence-electron chi connectivity index (χ3n) is 4.94. The van der Waals surface area contributed by atoms with Crippen LogP contribution >= 0.6 is 15.9 Å². The summed E-state index contributed by atoms with van der Waals surface area (Å²) in [6.45, 7) is 3.00. The van der Waals surface area contributed by atoms with Gasteiger partial charge in [0, 0.05) is 22.7 Å². The van der Waals surface area contributed by atoms with Gasteiger partial charge in [-0.1, -0.05) is 22.9 Å². The number of hydrogen-bond donors (Lipinski definition) is 1. The standard InChI is InChI=1S/C18H23BrN2O2/c1-2-14-5-3-4-10-21(14)18(23)16-11-15(16)17(22)20-13-8-6-12(19)7-9-13/h6-9,14-16H,2-5,10-11H2,1H3,(H,20,22). The van der Waals surface area contributed by atoms with Crippen molar-refractivity contribution in [2.45, 2.75) is 45.1 Å². The van der Waals surface area contributed by atoms with Crippen molar-refractivity contribution in [1.82, 2.24) is 4.90 Å². The first-order valence-corrected chi connectivity index (χ1v) is 9.26. The van der Waals surface area contributed by atoms with Crippen molar-refractivity contribution in [3.63, 3.8) is 0 Å². The van der Waals surface area contributed by atoms with Crippen LogP contribution in [0.15, 0.2) is 28.7 Å². The number of rotatable bonds is 4. The van der Waals surface area contributed by atoms with Gasteiger partial charge in [0.25, 0.3) is 0 Å². The molecular weight excluding hydrogens is 356 g/mol. The summed E-state index contributed by atoms with van der Waals surface area (Å²) in [5.74, 6) is -0.119. The van der Waals surface area contributed by atoms with E-state index in [1.54, 1.807) is 0 Å². The quantitative estimate of drug-likeness (QED) is 0.865. The number of halogens is 1. The van der Waals surface area contributed by atoms with Gasteiger partial charge in [0.05, 0.1) is 11.8 Å². The maximum absolute atomic E-state index is 12.7. The molecule has 4 nitrogen and oxygen atoms in total. The minimum Gasteiger partial charge on any atom is -0.339 e. The lowest BCUT2D eigenvalue weighted by molar-refractivity contribution is -0.137. The number of nitrogens with zero attached hydrogens (tertiary/aromatic N) is 1. The van der Waals surface area contributed by atoms with E-state index >= 15 is 0 Å². The van der Waals surface area contributed by atoms with Crippen molar-refractivity contribution >= 4 is 33.4 Å². The summed E-state index contributed by atoms with van der Waals surface area (Å²) >= 11 is 3.38. The minimum atomic E-state index is -0.162. The summed E-state index contributed by atoms with van der Waals surface area (Å²) in [4.78, 5) is 27.0. The van der Waals surface area contributed by atoms with Crippen molar-refractivity contribution in [1.29, 1.82) is 0 Å². The maximum Gasteiger partial charge on any atom is 0.228 e. The Labute approximate surface area is 145 Å². The Balaban J connectivity index is 1.56. The zero-order valence-corrected chi connectivity index (χ0v) is 15.0. The second kappa shape index (κ2) is 7.04. The molecule has 0 bridgehead atoms. The lowest BCUT2D eigenvalue weighted by Gasteiger charge is -2.35. The van der Waals surface area contributed by atoms with Gasteiger partial charge in [0.2, 0.25) is 11.8 Å². The number of carbonyl (C=O) groups excluding carboxylic acids is 2. The first-order valence-electron chi connectivity index (χ1n) is 8.47. The highest BCUT2D eigenvalue weighted by molar-refractivity contribution is 9.10. The Morgan fingerprint density at radius 2 is 1.96 bits per heavy atom. The van der Waals surface area contributed by atoms with Crippen LogP contribution in [0, 0.1) is 11.8 Å². The average Bonchev–Trinajstić information content (AvgIpc) is 3.37. The van der Waals surface area contributed by atoms with E-state index in [2.05, 4.69) is 28.2 Å². The van der Waals surface area contributed by atoms with Crippen LogP contribution in [0.1, 0.15) is 39.0 Å². The number of anilines is 1. The molecule has 2 aliphatic rings. The van der Waals surface area contributed by atoms with Gasteiger partial charge in [-0.2, -0.15) is 0 Å². The fraction of sp³-hybridized carbons (Fsp3) is 0.556. The van der Waals surface area contributed by atoms with E-state index in [4.69, 9.17) is 0 Å². The predicted octanol–water partition coefficient (Wildman–Crippen LogP) is 3.81. The molecule has 0 aromatic heterocycles. The number of hydrogen-bond acceptors (Lipinski definition) is 2. The fourth-order valence-electron chi connectivity index (χ4n) is 3.45. The lowest BCUT2D eigenvalue weighted by atomic mass is 9.99. The van der Waals surface area contributed by atoms with E-state index in [1.807, 2.05) is 29.2 Å². The minimum absolute atomic E-state index is 0.0317. The van der Waals surface area contributed by atoms with Crippen LogP contribution < -0.4 is 5.32 Å². The van der Waals surface area contributed by atoms with Crippen LogP contribution in [0.5, 0.6) is 0 Å². The smallest absolute Gasteiger partial charge is 0.228 e. The normalized spacial score (nSPS) is 26.7. The molecule has 0 radical (unpaired) electrons. The molecular formula is C18H23BrN2O2. The summed E-state index contributed by atoms with van der Waals surface area (Å²) in [5, 5.41) is 2.91.